The molecule has 1 heterocycles. The molecule has 2 rings (SSSR count). The van der Waals surface area contributed by atoms with E-state index in [9.17, 15) is 0 Å². The molecule has 0 amide bonds. The summed E-state index contributed by atoms with van der Waals surface area (Å²) in [6, 6.07) is 5.59. The van der Waals surface area contributed by atoms with Gasteiger partial charge in [0.15, 0.2) is 17.3 Å². The third-order valence-corrected chi connectivity index (χ3v) is 2.63. The van der Waals surface area contributed by atoms with Crippen LogP contribution >= 0.6 is 0 Å². The summed E-state index contributed by atoms with van der Waals surface area (Å²) in [4.78, 5) is 4.37. The number of ether oxygens (including phenoxy) is 2. The fourth-order valence-corrected chi connectivity index (χ4v) is 1.70. The highest BCUT2D eigenvalue weighted by Gasteiger charge is 2.11. The average Bonchev–Trinajstić information content (AvgIpc) is 2.79. The summed E-state index contributed by atoms with van der Waals surface area (Å²) in [6.45, 7) is 0. The zero-order valence-electron chi connectivity index (χ0n) is 10.9. The lowest BCUT2D eigenvalue weighted by Gasteiger charge is -2.07. The van der Waals surface area contributed by atoms with E-state index in [-0.39, 0.29) is 0 Å². The monoisotopic (exact) mass is 248 g/mol. The minimum atomic E-state index is 0.641. The normalized spacial score (nSPS) is 10.2. The lowest BCUT2D eigenvalue weighted by molar-refractivity contribution is 0.355. The number of anilines is 1. The summed E-state index contributed by atoms with van der Waals surface area (Å²) in [5, 5.41) is 7.30. The number of hydrogen-bond acceptors (Lipinski definition) is 5. The van der Waals surface area contributed by atoms with Gasteiger partial charge >= 0.3 is 0 Å². The zero-order chi connectivity index (χ0) is 13.1. The molecule has 0 aliphatic rings. The number of benzene rings is 1. The maximum Gasteiger partial charge on any atom is 0.221 e. The number of nitrogens with one attached hydrogen (secondary N) is 1. The molecule has 1 aromatic heterocycles. The number of aryl methyl sites for hydroxylation is 1. The Kier molecular flexibility index (Phi) is 3.36. The number of methoxy groups -OCH3 is 2. The van der Waals surface area contributed by atoms with Gasteiger partial charge in [0.2, 0.25) is 5.95 Å². The molecule has 0 atom stereocenters. The van der Waals surface area contributed by atoms with Crippen LogP contribution in [-0.4, -0.2) is 36.0 Å². The van der Waals surface area contributed by atoms with E-state index >= 15 is 0 Å². The Bertz CT molecular complexity index is 551. The number of nitrogens with zero attached hydrogens (tertiary/aromatic N) is 3. The molecule has 0 radical (unpaired) electrons. The minimum Gasteiger partial charge on any atom is -0.493 e. The van der Waals surface area contributed by atoms with Crippen molar-refractivity contribution in [2.24, 2.45) is 7.05 Å². The Morgan fingerprint density at radius 1 is 1.17 bits per heavy atom. The number of rotatable bonds is 4. The second-order valence-electron chi connectivity index (χ2n) is 3.70. The first kappa shape index (κ1) is 12.2. The second kappa shape index (κ2) is 4.95. The molecule has 1 aromatic carbocycles. The second-order valence-corrected chi connectivity index (χ2v) is 3.70. The van der Waals surface area contributed by atoms with Crippen molar-refractivity contribution in [2.75, 3.05) is 26.6 Å². The van der Waals surface area contributed by atoms with Crippen molar-refractivity contribution in [3.05, 3.63) is 18.2 Å². The van der Waals surface area contributed by atoms with Gasteiger partial charge in [0, 0.05) is 19.7 Å². The van der Waals surface area contributed by atoms with Crippen molar-refractivity contribution in [1.29, 1.82) is 0 Å². The molecular weight excluding hydrogens is 232 g/mol. The summed E-state index contributed by atoms with van der Waals surface area (Å²) < 4.78 is 12.1. The van der Waals surface area contributed by atoms with E-state index in [0.29, 0.717) is 23.3 Å². The van der Waals surface area contributed by atoms with Gasteiger partial charge in [-0.2, -0.15) is 4.98 Å². The number of hydrogen-bond donors (Lipinski definition) is 1. The zero-order valence-corrected chi connectivity index (χ0v) is 10.9. The maximum atomic E-state index is 5.26. The van der Waals surface area contributed by atoms with E-state index in [1.54, 1.807) is 18.9 Å². The van der Waals surface area contributed by atoms with Crippen LogP contribution in [0.5, 0.6) is 11.5 Å². The van der Waals surface area contributed by atoms with Gasteiger partial charge < -0.3 is 14.8 Å². The predicted octanol–water partition coefficient (Wildman–Crippen LogP) is 1.54. The summed E-state index contributed by atoms with van der Waals surface area (Å²) in [6.07, 6.45) is 0. The topological polar surface area (TPSA) is 61.2 Å². The third kappa shape index (κ3) is 2.09. The Morgan fingerprint density at radius 2 is 1.89 bits per heavy atom. The summed E-state index contributed by atoms with van der Waals surface area (Å²) >= 11 is 0. The standard InChI is InChI=1S/C12H16N4O2/c1-13-12-14-11(15-16(12)2)8-5-6-9(17-3)10(7-8)18-4/h5-7H,1-4H3,(H,13,14,15). The van der Waals surface area contributed by atoms with Gasteiger partial charge in [-0.3, -0.25) is 0 Å². The minimum absolute atomic E-state index is 0.641. The maximum absolute atomic E-state index is 5.26. The molecule has 0 fully saturated rings. The fourth-order valence-electron chi connectivity index (χ4n) is 1.70. The lowest BCUT2D eigenvalue weighted by atomic mass is 10.2. The van der Waals surface area contributed by atoms with E-state index in [1.807, 2.05) is 32.3 Å². The largest absolute Gasteiger partial charge is 0.493 e. The molecule has 0 bridgehead atoms. The van der Waals surface area contributed by atoms with E-state index in [1.165, 1.54) is 0 Å². The first-order valence-electron chi connectivity index (χ1n) is 5.50. The smallest absolute Gasteiger partial charge is 0.221 e. The Morgan fingerprint density at radius 3 is 2.44 bits per heavy atom. The molecule has 0 aliphatic heterocycles. The molecule has 0 saturated heterocycles. The van der Waals surface area contributed by atoms with Gasteiger partial charge in [-0.1, -0.05) is 0 Å². The van der Waals surface area contributed by atoms with Crippen LogP contribution in [0.2, 0.25) is 0 Å². The van der Waals surface area contributed by atoms with E-state index in [2.05, 4.69) is 15.4 Å². The quantitative estimate of drug-likeness (QED) is 0.889. The SMILES string of the molecule is CNc1nc(-c2ccc(OC)c(OC)c2)nn1C. The van der Waals surface area contributed by atoms with Crippen LogP contribution in [0, 0.1) is 0 Å². The van der Waals surface area contributed by atoms with Crippen molar-refractivity contribution < 1.29 is 9.47 Å². The molecule has 1 N–H and O–H groups in total. The molecule has 0 unspecified atom stereocenters. The van der Waals surface area contributed by atoms with Crippen LogP contribution in [0.25, 0.3) is 11.4 Å². The van der Waals surface area contributed by atoms with Crippen molar-refractivity contribution in [2.45, 2.75) is 0 Å². The Labute approximate surface area is 106 Å². The van der Waals surface area contributed by atoms with Gasteiger partial charge in [0.05, 0.1) is 14.2 Å². The van der Waals surface area contributed by atoms with Gasteiger partial charge in [-0.25, -0.2) is 4.68 Å². The lowest BCUT2D eigenvalue weighted by Crippen LogP contribution is -1.98. The van der Waals surface area contributed by atoms with Crippen LogP contribution < -0.4 is 14.8 Å². The molecule has 0 aliphatic carbocycles. The van der Waals surface area contributed by atoms with Gasteiger partial charge in [-0.05, 0) is 18.2 Å². The molecule has 18 heavy (non-hydrogen) atoms. The van der Waals surface area contributed by atoms with Gasteiger partial charge in [-0.15, -0.1) is 5.10 Å². The predicted molar refractivity (Wildman–Crippen MR) is 69.1 cm³/mol. The highest BCUT2D eigenvalue weighted by Crippen LogP contribution is 2.31. The molecular formula is C12H16N4O2. The third-order valence-electron chi connectivity index (χ3n) is 2.63. The summed E-state index contributed by atoms with van der Waals surface area (Å²) in [7, 11) is 6.85. The molecule has 2 aromatic rings. The van der Waals surface area contributed by atoms with Gasteiger partial charge in [0.1, 0.15) is 0 Å². The van der Waals surface area contributed by atoms with Crippen LogP contribution in [-0.2, 0) is 7.05 Å². The summed E-state index contributed by atoms with van der Waals surface area (Å²) in [5.41, 5.74) is 0.879. The molecule has 6 nitrogen and oxygen atoms in total. The Balaban J connectivity index is 2.44. The molecule has 0 spiro atoms. The highest BCUT2D eigenvalue weighted by molar-refractivity contribution is 5.61. The summed E-state index contributed by atoms with van der Waals surface area (Å²) in [5.74, 6) is 2.70. The highest BCUT2D eigenvalue weighted by atomic mass is 16.5. The van der Waals surface area contributed by atoms with E-state index < -0.39 is 0 Å². The first-order valence-corrected chi connectivity index (χ1v) is 5.50. The first-order chi connectivity index (χ1) is 8.69. The van der Waals surface area contributed by atoms with Crippen LogP contribution in [0.15, 0.2) is 18.2 Å². The van der Waals surface area contributed by atoms with Crippen molar-refractivity contribution in [3.63, 3.8) is 0 Å². The average molecular weight is 248 g/mol. The molecule has 96 valence electrons. The van der Waals surface area contributed by atoms with Crippen molar-refractivity contribution in [1.82, 2.24) is 14.8 Å². The van der Waals surface area contributed by atoms with Crippen molar-refractivity contribution >= 4 is 5.95 Å². The van der Waals surface area contributed by atoms with Crippen molar-refractivity contribution in [3.8, 4) is 22.9 Å². The van der Waals surface area contributed by atoms with Crippen LogP contribution in [0.3, 0.4) is 0 Å². The van der Waals surface area contributed by atoms with Crippen LogP contribution in [0.4, 0.5) is 5.95 Å². The Hall–Kier alpha value is -2.24. The van der Waals surface area contributed by atoms with Gasteiger partial charge in [0.25, 0.3) is 0 Å². The van der Waals surface area contributed by atoms with E-state index in [0.717, 1.165) is 5.56 Å². The van der Waals surface area contributed by atoms with E-state index in [4.69, 9.17) is 9.47 Å². The van der Waals surface area contributed by atoms with Crippen LogP contribution in [0.1, 0.15) is 0 Å². The fraction of sp³-hybridized carbons (Fsp3) is 0.333. The number of aromatic nitrogens is 3. The molecule has 0 saturated carbocycles. The molecule has 6 heteroatoms.